The van der Waals surface area contributed by atoms with Gasteiger partial charge < -0.3 is 14.6 Å². The van der Waals surface area contributed by atoms with E-state index in [2.05, 4.69) is 0 Å². The maximum absolute atomic E-state index is 9.55. The van der Waals surface area contributed by atoms with Crippen LogP contribution in [0.2, 0.25) is 0 Å². The maximum Gasteiger partial charge on any atom is 0.185 e. The summed E-state index contributed by atoms with van der Waals surface area (Å²) < 4.78 is 11.9. The van der Waals surface area contributed by atoms with Gasteiger partial charge in [-0.25, -0.2) is 0 Å². The van der Waals surface area contributed by atoms with Crippen LogP contribution in [-0.2, 0) is 9.47 Å². The minimum Gasteiger partial charge on any atom is -0.394 e. The summed E-state index contributed by atoms with van der Waals surface area (Å²) in [6.45, 7) is 5.99. The van der Waals surface area contributed by atoms with Gasteiger partial charge in [-0.15, -0.1) is 0 Å². The normalized spacial score (nSPS) is 23.7. The number of ether oxygens (including phenoxy) is 2. The second-order valence-electron chi connectivity index (χ2n) is 5.01. The van der Waals surface area contributed by atoms with Crippen LogP contribution in [-0.4, -0.2) is 17.8 Å². The molecule has 0 saturated carbocycles. The fraction of sp³-hybridized carbons (Fsp3) is 0.368. The van der Waals surface area contributed by atoms with Crippen LogP contribution in [0.4, 0.5) is 0 Å². The van der Waals surface area contributed by atoms with Gasteiger partial charge in [-0.2, -0.15) is 0 Å². The molecule has 1 saturated heterocycles. The third-order valence-electron chi connectivity index (χ3n) is 3.65. The highest BCUT2D eigenvalue weighted by Gasteiger charge is 2.37. The van der Waals surface area contributed by atoms with E-state index in [1.54, 1.807) is 0 Å². The lowest BCUT2D eigenvalue weighted by molar-refractivity contribution is -0.0739. The smallest absolute Gasteiger partial charge is 0.185 e. The van der Waals surface area contributed by atoms with Gasteiger partial charge in [-0.3, -0.25) is 0 Å². The molecule has 3 unspecified atom stereocenters. The van der Waals surface area contributed by atoms with Gasteiger partial charge in [0.05, 0.1) is 6.61 Å². The fourth-order valence-electron chi connectivity index (χ4n) is 2.57. The monoisotopic (exact) mass is 300 g/mol. The first-order valence-electron chi connectivity index (χ1n) is 7.82. The molecule has 1 N–H and O–H groups in total. The Hall–Kier alpha value is -1.68. The minimum atomic E-state index is -0.419. The molecule has 1 heterocycles. The maximum atomic E-state index is 9.55. The van der Waals surface area contributed by atoms with E-state index in [1.807, 2.05) is 75.4 Å². The van der Waals surface area contributed by atoms with E-state index in [1.165, 1.54) is 0 Å². The molecule has 1 fully saturated rings. The Morgan fingerprint density at radius 1 is 0.909 bits per heavy atom. The molecule has 3 rings (SSSR count). The summed E-state index contributed by atoms with van der Waals surface area (Å²) in [7, 11) is 0. The first kappa shape index (κ1) is 16.7. The SMILES string of the molecule is CC.Cc1ccccc1C1OC(c2ccccc2)OC1CO. The van der Waals surface area contributed by atoms with Crippen molar-refractivity contribution in [3.63, 3.8) is 0 Å². The molecule has 118 valence electrons. The topological polar surface area (TPSA) is 38.7 Å². The predicted octanol–water partition coefficient (Wildman–Crippen LogP) is 4.17. The van der Waals surface area contributed by atoms with Crippen LogP contribution in [0.3, 0.4) is 0 Å². The van der Waals surface area contributed by atoms with E-state index >= 15 is 0 Å². The molecule has 2 aromatic carbocycles. The largest absolute Gasteiger partial charge is 0.394 e. The van der Waals surface area contributed by atoms with Crippen molar-refractivity contribution in [2.75, 3.05) is 6.61 Å². The van der Waals surface area contributed by atoms with Gasteiger partial charge in [0.25, 0.3) is 0 Å². The first-order chi connectivity index (χ1) is 10.8. The van der Waals surface area contributed by atoms with Crippen LogP contribution < -0.4 is 0 Å². The van der Waals surface area contributed by atoms with Crippen LogP contribution in [0.1, 0.15) is 42.9 Å². The summed E-state index contributed by atoms with van der Waals surface area (Å²) in [5, 5.41) is 9.55. The molecule has 0 radical (unpaired) electrons. The van der Waals surface area contributed by atoms with Crippen LogP contribution >= 0.6 is 0 Å². The number of hydrogen-bond donors (Lipinski definition) is 1. The lowest BCUT2D eigenvalue weighted by Gasteiger charge is -2.16. The number of rotatable bonds is 3. The van der Waals surface area contributed by atoms with E-state index in [9.17, 15) is 5.11 Å². The second-order valence-corrected chi connectivity index (χ2v) is 5.01. The molecule has 3 atom stereocenters. The number of aryl methyl sites for hydroxylation is 1. The Bertz CT molecular complexity index is 568. The Kier molecular flexibility index (Phi) is 6.13. The predicted molar refractivity (Wildman–Crippen MR) is 87.5 cm³/mol. The van der Waals surface area contributed by atoms with E-state index in [0.29, 0.717) is 0 Å². The molecular weight excluding hydrogens is 276 g/mol. The fourth-order valence-corrected chi connectivity index (χ4v) is 2.57. The van der Waals surface area contributed by atoms with Crippen molar-refractivity contribution < 1.29 is 14.6 Å². The quantitative estimate of drug-likeness (QED) is 0.924. The van der Waals surface area contributed by atoms with Gasteiger partial charge in [0, 0.05) is 5.56 Å². The van der Waals surface area contributed by atoms with Crippen molar-refractivity contribution in [3.05, 3.63) is 71.3 Å². The lowest BCUT2D eigenvalue weighted by Crippen LogP contribution is -2.20. The van der Waals surface area contributed by atoms with Crippen LogP contribution in [0, 0.1) is 6.92 Å². The summed E-state index contributed by atoms with van der Waals surface area (Å²) in [5.74, 6) is 0. The van der Waals surface area contributed by atoms with Crippen LogP contribution in [0.5, 0.6) is 0 Å². The molecule has 0 aliphatic carbocycles. The molecule has 2 aromatic rings. The third kappa shape index (κ3) is 3.55. The Balaban J connectivity index is 0.000000847. The Labute approximate surface area is 132 Å². The highest BCUT2D eigenvalue weighted by Crippen LogP contribution is 2.40. The minimum absolute atomic E-state index is 0.0532. The zero-order chi connectivity index (χ0) is 15.9. The molecule has 0 aromatic heterocycles. The third-order valence-corrected chi connectivity index (χ3v) is 3.65. The Morgan fingerprint density at radius 2 is 1.55 bits per heavy atom. The van der Waals surface area contributed by atoms with Gasteiger partial charge in [0.15, 0.2) is 6.29 Å². The molecule has 22 heavy (non-hydrogen) atoms. The molecule has 0 amide bonds. The van der Waals surface area contributed by atoms with Crippen molar-refractivity contribution in [3.8, 4) is 0 Å². The van der Waals surface area contributed by atoms with Gasteiger partial charge in [-0.1, -0.05) is 68.4 Å². The highest BCUT2D eigenvalue weighted by atomic mass is 16.7. The van der Waals surface area contributed by atoms with Crippen molar-refractivity contribution in [2.24, 2.45) is 0 Å². The molecule has 1 aliphatic heterocycles. The van der Waals surface area contributed by atoms with E-state index in [4.69, 9.17) is 9.47 Å². The zero-order valence-electron chi connectivity index (χ0n) is 13.4. The molecule has 3 nitrogen and oxygen atoms in total. The molecule has 3 heteroatoms. The zero-order valence-corrected chi connectivity index (χ0v) is 13.4. The number of aliphatic hydroxyl groups excluding tert-OH is 1. The van der Waals surface area contributed by atoms with Crippen LogP contribution in [0.25, 0.3) is 0 Å². The first-order valence-corrected chi connectivity index (χ1v) is 7.82. The van der Waals surface area contributed by atoms with Crippen LogP contribution in [0.15, 0.2) is 54.6 Å². The standard InChI is InChI=1S/C17H18O3.C2H6/c1-12-7-5-6-10-14(12)16-15(11-18)19-17(20-16)13-8-3-2-4-9-13;1-2/h2-10,15-18H,11H2,1H3;1-2H3. The van der Waals surface area contributed by atoms with Crippen molar-refractivity contribution in [1.82, 2.24) is 0 Å². The summed E-state index contributed by atoms with van der Waals surface area (Å²) in [4.78, 5) is 0. The van der Waals surface area contributed by atoms with Gasteiger partial charge >= 0.3 is 0 Å². The van der Waals surface area contributed by atoms with Gasteiger partial charge in [-0.05, 0) is 18.1 Å². The highest BCUT2D eigenvalue weighted by molar-refractivity contribution is 5.29. The second kappa shape index (κ2) is 8.08. The summed E-state index contributed by atoms with van der Waals surface area (Å²) in [6.07, 6.45) is -0.981. The Morgan fingerprint density at radius 3 is 2.18 bits per heavy atom. The number of benzene rings is 2. The summed E-state index contributed by atoms with van der Waals surface area (Å²) >= 11 is 0. The summed E-state index contributed by atoms with van der Waals surface area (Å²) in [6, 6.07) is 17.9. The average molecular weight is 300 g/mol. The van der Waals surface area contributed by atoms with Crippen molar-refractivity contribution in [2.45, 2.75) is 39.3 Å². The van der Waals surface area contributed by atoms with Crippen molar-refractivity contribution >= 4 is 0 Å². The van der Waals surface area contributed by atoms with Crippen molar-refractivity contribution in [1.29, 1.82) is 0 Å². The summed E-state index contributed by atoms with van der Waals surface area (Å²) in [5.41, 5.74) is 3.19. The molecule has 1 aliphatic rings. The van der Waals surface area contributed by atoms with E-state index in [0.717, 1.165) is 16.7 Å². The van der Waals surface area contributed by atoms with Gasteiger partial charge in [0.2, 0.25) is 0 Å². The average Bonchev–Trinajstić information content (AvgIpc) is 3.02. The van der Waals surface area contributed by atoms with E-state index < -0.39 is 6.29 Å². The number of aliphatic hydroxyl groups is 1. The molecule has 0 bridgehead atoms. The van der Waals surface area contributed by atoms with E-state index in [-0.39, 0.29) is 18.8 Å². The molecular formula is C19H24O3. The molecule has 0 spiro atoms. The van der Waals surface area contributed by atoms with Gasteiger partial charge in [0.1, 0.15) is 12.2 Å². The lowest BCUT2D eigenvalue weighted by atomic mass is 10.00. The number of hydrogen-bond acceptors (Lipinski definition) is 3.